The van der Waals surface area contributed by atoms with E-state index in [9.17, 15) is 9.90 Å². The Hall–Kier alpha value is -1.19. The van der Waals surface area contributed by atoms with E-state index >= 15 is 0 Å². The van der Waals surface area contributed by atoms with Crippen LogP contribution in [-0.2, 0) is 9.53 Å². The van der Waals surface area contributed by atoms with Crippen LogP contribution >= 0.6 is 0 Å². The summed E-state index contributed by atoms with van der Waals surface area (Å²) in [6.45, 7) is 4.16. The number of ketones is 1. The second-order valence-electron chi connectivity index (χ2n) is 6.02. The Morgan fingerprint density at radius 2 is 2.26 bits per heavy atom. The molecule has 1 heterocycles. The molecule has 0 aromatic carbocycles. The molecule has 102 valence electrons. The zero-order valence-electron chi connectivity index (χ0n) is 11.4. The standard InChI is InChI=1S/C16H20O3/c1-10-4-3-7-16(2)12-6-5-11(9-17)19-14(12)8-13(18)15(10)16/h3-6,11-12,14,17H,7-9H2,1-2H3/t11-,12?,14?,16+/m0/s1. The minimum Gasteiger partial charge on any atom is -0.393 e. The lowest BCUT2D eigenvalue weighted by molar-refractivity contribution is -0.131. The molecule has 0 amide bonds. The van der Waals surface area contributed by atoms with Crippen LogP contribution in [-0.4, -0.2) is 29.7 Å². The Kier molecular flexibility index (Phi) is 2.99. The van der Waals surface area contributed by atoms with Gasteiger partial charge in [-0.15, -0.1) is 0 Å². The van der Waals surface area contributed by atoms with E-state index in [-0.39, 0.29) is 35.9 Å². The summed E-state index contributed by atoms with van der Waals surface area (Å²) in [4.78, 5) is 12.4. The Balaban J connectivity index is 2.04. The van der Waals surface area contributed by atoms with Gasteiger partial charge in [0.25, 0.3) is 0 Å². The van der Waals surface area contributed by atoms with E-state index in [1.807, 2.05) is 13.0 Å². The van der Waals surface area contributed by atoms with Crippen LogP contribution in [0.2, 0.25) is 0 Å². The molecule has 0 radical (unpaired) electrons. The smallest absolute Gasteiger partial charge is 0.162 e. The molecule has 1 saturated carbocycles. The van der Waals surface area contributed by atoms with Crippen molar-refractivity contribution < 1.29 is 14.6 Å². The summed E-state index contributed by atoms with van der Waals surface area (Å²) >= 11 is 0. The van der Waals surface area contributed by atoms with Gasteiger partial charge in [0.05, 0.1) is 18.8 Å². The number of allylic oxidation sites excluding steroid dienone is 4. The summed E-state index contributed by atoms with van der Waals surface area (Å²) in [5, 5.41) is 9.20. The first-order chi connectivity index (χ1) is 9.06. The number of hydrogen-bond donors (Lipinski definition) is 1. The van der Waals surface area contributed by atoms with Crippen molar-refractivity contribution in [2.24, 2.45) is 11.3 Å². The maximum Gasteiger partial charge on any atom is 0.162 e. The van der Waals surface area contributed by atoms with Gasteiger partial charge in [0, 0.05) is 23.3 Å². The monoisotopic (exact) mass is 260 g/mol. The fraction of sp³-hybridized carbons (Fsp3) is 0.562. The van der Waals surface area contributed by atoms with Crippen LogP contribution in [0.5, 0.6) is 0 Å². The molecule has 2 aliphatic carbocycles. The van der Waals surface area contributed by atoms with Crippen LogP contribution in [0.25, 0.3) is 0 Å². The molecule has 0 aromatic heterocycles. The predicted octanol–water partition coefficient (Wildman–Crippen LogP) is 2.17. The van der Waals surface area contributed by atoms with E-state index in [0.717, 1.165) is 17.6 Å². The normalized spacial score (nSPS) is 41.2. The molecule has 1 fully saturated rings. The summed E-state index contributed by atoms with van der Waals surface area (Å²) < 4.78 is 5.86. The van der Waals surface area contributed by atoms with E-state index in [2.05, 4.69) is 25.2 Å². The third-order valence-corrected chi connectivity index (χ3v) is 4.74. The Labute approximate surface area is 113 Å². The number of hydrogen-bond acceptors (Lipinski definition) is 3. The maximum atomic E-state index is 12.4. The first-order valence-electron chi connectivity index (χ1n) is 6.92. The van der Waals surface area contributed by atoms with Gasteiger partial charge < -0.3 is 9.84 Å². The number of carbonyl (C=O) groups excluding carboxylic acids is 1. The molecule has 0 bridgehead atoms. The molecule has 4 atom stereocenters. The highest BCUT2D eigenvalue weighted by atomic mass is 16.5. The highest BCUT2D eigenvalue weighted by molar-refractivity contribution is 5.99. The molecule has 0 spiro atoms. The van der Waals surface area contributed by atoms with Crippen LogP contribution in [0.3, 0.4) is 0 Å². The van der Waals surface area contributed by atoms with Gasteiger partial charge in [0.2, 0.25) is 0 Å². The third kappa shape index (κ3) is 1.84. The molecule has 3 aliphatic rings. The van der Waals surface area contributed by atoms with E-state index in [1.165, 1.54) is 0 Å². The molecule has 19 heavy (non-hydrogen) atoms. The number of aliphatic hydroxyl groups is 1. The van der Waals surface area contributed by atoms with Gasteiger partial charge in [-0.25, -0.2) is 0 Å². The molecular formula is C16H20O3. The van der Waals surface area contributed by atoms with Crippen molar-refractivity contribution >= 4 is 5.78 Å². The van der Waals surface area contributed by atoms with Gasteiger partial charge in [0.15, 0.2) is 5.78 Å². The van der Waals surface area contributed by atoms with E-state index in [1.54, 1.807) is 0 Å². The quantitative estimate of drug-likeness (QED) is 0.735. The molecule has 3 heteroatoms. The molecule has 2 unspecified atom stereocenters. The third-order valence-electron chi connectivity index (χ3n) is 4.74. The van der Waals surface area contributed by atoms with Crippen molar-refractivity contribution in [2.75, 3.05) is 6.61 Å². The fourth-order valence-electron chi connectivity index (χ4n) is 3.87. The van der Waals surface area contributed by atoms with Gasteiger partial charge in [-0.2, -0.15) is 0 Å². The number of fused-ring (bicyclic) bond motifs is 3. The van der Waals surface area contributed by atoms with E-state index in [0.29, 0.717) is 6.42 Å². The molecule has 0 saturated heterocycles. The Morgan fingerprint density at radius 3 is 3.00 bits per heavy atom. The van der Waals surface area contributed by atoms with Gasteiger partial charge in [-0.05, 0) is 18.9 Å². The van der Waals surface area contributed by atoms with Crippen LogP contribution < -0.4 is 0 Å². The minimum absolute atomic E-state index is 0.0216. The van der Waals surface area contributed by atoms with Crippen molar-refractivity contribution in [3.63, 3.8) is 0 Å². The summed E-state index contributed by atoms with van der Waals surface area (Å²) in [5.41, 5.74) is 1.91. The second-order valence-corrected chi connectivity index (χ2v) is 6.02. The van der Waals surface area contributed by atoms with Gasteiger partial charge in [0.1, 0.15) is 0 Å². The fourth-order valence-corrected chi connectivity index (χ4v) is 3.87. The average molecular weight is 260 g/mol. The topological polar surface area (TPSA) is 46.5 Å². The molecule has 1 aliphatic heterocycles. The largest absolute Gasteiger partial charge is 0.393 e. The zero-order valence-corrected chi connectivity index (χ0v) is 11.4. The number of ether oxygens (including phenoxy) is 1. The minimum atomic E-state index is -0.261. The van der Waals surface area contributed by atoms with Crippen molar-refractivity contribution in [1.29, 1.82) is 0 Å². The second kappa shape index (κ2) is 4.43. The van der Waals surface area contributed by atoms with Crippen molar-refractivity contribution in [1.82, 2.24) is 0 Å². The summed E-state index contributed by atoms with van der Waals surface area (Å²) in [5.74, 6) is 0.431. The SMILES string of the molecule is CC1=C2C(=O)CC3O[C@H](CO)C=CC3[C@@]2(C)CC=C1. The molecule has 3 rings (SSSR count). The lowest BCUT2D eigenvalue weighted by Crippen LogP contribution is -2.50. The number of aliphatic hydroxyl groups excluding tert-OH is 1. The van der Waals surface area contributed by atoms with Crippen molar-refractivity contribution in [2.45, 2.75) is 38.9 Å². The van der Waals surface area contributed by atoms with Gasteiger partial charge in [-0.3, -0.25) is 4.79 Å². The molecule has 1 N–H and O–H groups in total. The predicted molar refractivity (Wildman–Crippen MR) is 72.6 cm³/mol. The highest BCUT2D eigenvalue weighted by Gasteiger charge is 2.50. The molecule has 0 aromatic rings. The van der Waals surface area contributed by atoms with Crippen LogP contribution in [0.1, 0.15) is 26.7 Å². The average Bonchev–Trinajstić information content (AvgIpc) is 2.37. The van der Waals surface area contributed by atoms with Crippen LogP contribution in [0.4, 0.5) is 0 Å². The summed E-state index contributed by atoms with van der Waals surface area (Å²) in [6.07, 6.45) is 9.25. The Bertz CT molecular complexity index is 500. The lowest BCUT2D eigenvalue weighted by Gasteiger charge is -2.49. The maximum absolute atomic E-state index is 12.4. The first-order valence-corrected chi connectivity index (χ1v) is 6.92. The van der Waals surface area contributed by atoms with Crippen LogP contribution in [0, 0.1) is 11.3 Å². The number of carbonyl (C=O) groups is 1. The van der Waals surface area contributed by atoms with Crippen molar-refractivity contribution in [3.05, 3.63) is 35.5 Å². The zero-order chi connectivity index (χ0) is 13.6. The van der Waals surface area contributed by atoms with Crippen LogP contribution in [0.15, 0.2) is 35.5 Å². The summed E-state index contributed by atoms with van der Waals surface area (Å²) in [7, 11) is 0. The van der Waals surface area contributed by atoms with Gasteiger partial charge in [-0.1, -0.05) is 31.2 Å². The summed E-state index contributed by atoms with van der Waals surface area (Å²) in [6, 6.07) is 0. The Morgan fingerprint density at radius 1 is 1.47 bits per heavy atom. The first kappa shape index (κ1) is 12.8. The van der Waals surface area contributed by atoms with Crippen molar-refractivity contribution in [3.8, 4) is 0 Å². The van der Waals surface area contributed by atoms with Gasteiger partial charge >= 0.3 is 0 Å². The van der Waals surface area contributed by atoms with E-state index < -0.39 is 0 Å². The van der Waals surface area contributed by atoms with E-state index in [4.69, 9.17) is 4.74 Å². The molecule has 3 nitrogen and oxygen atoms in total. The highest BCUT2D eigenvalue weighted by Crippen LogP contribution is 2.52. The number of Topliss-reactive ketones (excluding diaryl/α,β-unsaturated/α-hetero) is 1. The lowest BCUT2D eigenvalue weighted by atomic mass is 9.58. The molecular weight excluding hydrogens is 240 g/mol. The number of rotatable bonds is 1.